The van der Waals surface area contributed by atoms with Crippen LogP contribution in [0.4, 0.5) is 8.78 Å². The van der Waals surface area contributed by atoms with E-state index in [0.29, 0.717) is 5.71 Å². The van der Waals surface area contributed by atoms with Crippen LogP contribution < -0.4 is 4.74 Å². The molecule has 0 spiro atoms. The van der Waals surface area contributed by atoms with E-state index in [-0.39, 0.29) is 18.2 Å². The van der Waals surface area contributed by atoms with Crippen molar-refractivity contribution >= 4 is 5.71 Å². The number of ether oxygens (including phenoxy) is 1. The molecule has 0 atom stereocenters. The molecule has 0 N–H and O–H groups in total. The fourth-order valence-electron chi connectivity index (χ4n) is 1.87. The van der Waals surface area contributed by atoms with Gasteiger partial charge in [0.2, 0.25) is 5.88 Å². The summed E-state index contributed by atoms with van der Waals surface area (Å²) in [5, 5.41) is 7.61. The van der Waals surface area contributed by atoms with Gasteiger partial charge in [-0.3, -0.25) is 0 Å². The van der Waals surface area contributed by atoms with E-state index in [2.05, 4.69) is 10.3 Å². The third kappa shape index (κ3) is 3.81. The van der Waals surface area contributed by atoms with Crippen molar-refractivity contribution in [2.75, 3.05) is 13.7 Å². The lowest BCUT2D eigenvalue weighted by atomic mass is 10.1. The normalized spacial score (nSPS) is 11.8. The lowest BCUT2D eigenvalue weighted by molar-refractivity contribution is 0.145. The van der Waals surface area contributed by atoms with Crippen LogP contribution >= 0.6 is 0 Å². The third-order valence-electron chi connectivity index (χ3n) is 3.02. The second kappa shape index (κ2) is 7.02. The number of benzene rings is 1. The van der Waals surface area contributed by atoms with Crippen molar-refractivity contribution in [1.82, 2.24) is 9.78 Å². The van der Waals surface area contributed by atoms with E-state index in [1.165, 1.54) is 17.9 Å². The smallest absolute Gasteiger partial charge is 0.282 e. The van der Waals surface area contributed by atoms with Crippen molar-refractivity contribution in [3.8, 4) is 5.88 Å². The number of aryl methyl sites for hydroxylation is 2. The van der Waals surface area contributed by atoms with Gasteiger partial charge in [-0.1, -0.05) is 35.0 Å². The average molecular weight is 309 g/mol. The number of aromatic nitrogens is 2. The highest BCUT2D eigenvalue weighted by atomic mass is 19.3. The molecule has 0 unspecified atom stereocenters. The van der Waals surface area contributed by atoms with E-state index in [1.807, 2.05) is 31.2 Å². The molecule has 0 amide bonds. The quantitative estimate of drug-likeness (QED) is 0.608. The van der Waals surface area contributed by atoms with Gasteiger partial charge < -0.3 is 9.57 Å². The average Bonchev–Trinajstić information content (AvgIpc) is 2.86. The Labute approximate surface area is 127 Å². The fourth-order valence-corrected chi connectivity index (χ4v) is 1.87. The van der Waals surface area contributed by atoms with Gasteiger partial charge in [-0.05, 0) is 6.92 Å². The lowest BCUT2D eigenvalue weighted by Gasteiger charge is -2.08. The Morgan fingerprint density at radius 1 is 1.32 bits per heavy atom. The van der Waals surface area contributed by atoms with Crippen LogP contribution in [0.5, 0.6) is 5.88 Å². The first-order chi connectivity index (χ1) is 10.5. The van der Waals surface area contributed by atoms with Crippen molar-refractivity contribution in [2.24, 2.45) is 12.2 Å². The number of nitrogens with zero attached hydrogens (tertiary/aromatic N) is 3. The molecule has 0 radical (unpaired) electrons. The van der Waals surface area contributed by atoms with E-state index in [4.69, 9.17) is 9.57 Å². The molecule has 118 valence electrons. The molecule has 1 aromatic carbocycles. The minimum Gasteiger partial charge on any atom is -0.471 e. The molecule has 0 aliphatic heterocycles. The van der Waals surface area contributed by atoms with E-state index >= 15 is 0 Å². The first-order valence-electron chi connectivity index (χ1n) is 6.63. The molecule has 0 bridgehead atoms. The Morgan fingerprint density at radius 3 is 2.55 bits per heavy atom. The second-order valence-electron chi connectivity index (χ2n) is 4.71. The van der Waals surface area contributed by atoms with Crippen molar-refractivity contribution < 1.29 is 18.4 Å². The molecular formula is C15H17F2N3O2. The molecule has 7 heteroatoms. The molecule has 2 aromatic rings. The predicted octanol–water partition coefficient (Wildman–Crippen LogP) is 3.10. The summed E-state index contributed by atoms with van der Waals surface area (Å²) in [6.07, 6.45) is -2.63. The summed E-state index contributed by atoms with van der Waals surface area (Å²) in [6.45, 7) is 2.06. The summed E-state index contributed by atoms with van der Waals surface area (Å²) >= 11 is 0. The second-order valence-corrected chi connectivity index (χ2v) is 4.71. The van der Waals surface area contributed by atoms with Crippen LogP contribution in [-0.4, -0.2) is 29.2 Å². The zero-order valence-corrected chi connectivity index (χ0v) is 12.6. The van der Waals surface area contributed by atoms with Crippen LogP contribution in [0.1, 0.15) is 23.2 Å². The fraction of sp³-hybridized carbons (Fsp3) is 0.333. The molecule has 0 aliphatic carbocycles. The first kappa shape index (κ1) is 15.9. The highest BCUT2D eigenvalue weighted by Gasteiger charge is 2.15. The molecule has 0 saturated carbocycles. The maximum atomic E-state index is 12.6. The van der Waals surface area contributed by atoms with Gasteiger partial charge in [-0.2, -0.15) is 5.10 Å². The van der Waals surface area contributed by atoms with E-state index in [1.54, 1.807) is 7.05 Å². The summed E-state index contributed by atoms with van der Waals surface area (Å²) in [5.74, 6) is 0.242. The van der Waals surface area contributed by atoms with Gasteiger partial charge in [0.1, 0.15) is 25.1 Å². The number of rotatable bonds is 6. The third-order valence-corrected chi connectivity index (χ3v) is 3.02. The van der Waals surface area contributed by atoms with Gasteiger partial charge >= 0.3 is 0 Å². The van der Waals surface area contributed by atoms with Gasteiger partial charge in [0.25, 0.3) is 6.43 Å². The Bertz CT molecular complexity index is 651. The van der Waals surface area contributed by atoms with Crippen LogP contribution in [0.3, 0.4) is 0 Å². The Morgan fingerprint density at radius 2 is 2.00 bits per heavy atom. The van der Waals surface area contributed by atoms with E-state index < -0.39 is 6.43 Å². The minimum atomic E-state index is -2.63. The molecule has 5 nitrogen and oxygen atoms in total. The molecule has 2 rings (SSSR count). The lowest BCUT2D eigenvalue weighted by Crippen LogP contribution is -2.15. The van der Waals surface area contributed by atoms with Gasteiger partial charge in [0.15, 0.2) is 0 Å². The molecule has 0 aliphatic rings. The van der Waals surface area contributed by atoms with Gasteiger partial charge in [-0.25, -0.2) is 13.5 Å². The van der Waals surface area contributed by atoms with Crippen molar-refractivity contribution in [3.63, 3.8) is 0 Å². The number of hydrogen-bond donors (Lipinski definition) is 0. The molecular weight excluding hydrogens is 292 g/mol. The number of halogens is 2. The Balaban J connectivity index is 2.13. The minimum absolute atomic E-state index is 0.0825. The number of hydrogen-bond acceptors (Lipinski definition) is 4. The standard InChI is InChI=1S/C15H17F2N3O2/c1-10-4-6-11(7-5-10)13(19-21-3)9-22-14-8-12(15(16)17)18-20(14)2/h4-8,15H,9H2,1-3H3. The Hall–Kier alpha value is -2.44. The molecule has 0 fully saturated rings. The van der Waals surface area contributed by atoms with Crippen molar-refractivity contribution in [3.05, 3.63) is 47.2 Å². The van der Waals surface area contributed by atoms with Crippen LogP contribution in [0.25, 0.3) is 0 Å². The Kier molecular flexibility index (Phi) is 5.08. The molecule has 1 heterocycles. The van der Waals surface area contributed by atoms with Crippen LogP contribution in [0.15, 0.2) is 35.5 Å². The zero-order chi connectivity index (χ0) is 16.1. The van der Waals surface area contributed by atoms with Crippen LogP contribution in [-0.2, 0) is 11.9 Å². The summed E-state index contributed by atoms with van der Waals surface area (Å²) < 4.78 is 32.0. The van der Waals surface area contributed by atoms with E-state index in [0.717, 1.165) is 11.1 Å². The van der Waals surface area contributed by atoms with Gasteiger partial charge in [0.05, 0.1) is 0 Å². The highest BCUT2D eigenvalue weighted by molar-refractivity contribution is 6.01. The highest BCUT2D eigenvalue weighted by Crippen LogP contribution is 2.22. The molecule has 22 heavy (non-hydrogen) atoms. The summed E-state index contributed by atoms with van der Waals surface area (Å²) in [7, 11) is 2.98. The molecule has 1 aromatic heterocycles. The van der Waals surface area contributed by atoms with Crippen LogP contribution in [0, 0.1) is 6.92 Å². The van der Waals surface area contributed by atoms with Crippen LogP contribution in [0.2, 0.25) is 0 Å². The SMILES string of the molecule is CON=C(COc1cc(C(F)F)nn1C)c1ccc(C)cc1. The predicted molar refractivity (Wildman–Crippen MR) is 78.4 cm³/mol. The largest absolute Gasteiger partial charge is 0.471 e. The van der Waals surface area contributed by atoms with E-state index in [9.17, 15) is 8.78 Å². The van der Waals surface area contributed by atoms with Gasteiger partial charge in [0, 0.05) is 18.7 Å². The maximum absolute atomic E-state index is 12.6. The summed E-state index contributed by atoms with van der Waals surface area (Å²) in [5.41, 5.74) is 2.19. The van der Waals surface area contributed by atoms with Gasteiger partial charge in [-0.15, -0.1) is 0 Å². The summed E-state index contributed by atoms with van der Waals surface area (Å²) in [6, 6.07) is 8.89. The first-order valence-corrected chi connectivity index (χ1v) is 6.63. The zero-order valence-electron chi connectivity index (χ0n) is 12.6. The summed E-state index contributed by atoms with van der Waals surface area (Å²) in [4.78, 5) is 4.82. The van der Waals surface area contributed by atoms with Crippen molar-refractivity contribution in [1.29, 1.82) is 0 Å². The number of oxime groups is 1. The van der Waals surface area contributed by atoms with Crippen molar-refractivity contribution in [2.45, 2.75) is 13.3 Å². The monoisotopic (exact) mass is 309 g/mol. The topological polar surface area (TPSA) is 48.6 Å². The maximum Gasteiger partial charge on any atom is 0.282 e. The molecule has 0 saturated heterocycles. The number of alkyl halides is 2.